The number of imide groups is 1. The highest BCUT2D eigenvalue weighted by Gasteiger charge is 2.39. The molecular formula is C23H15Cl2NO2S. The van der Waals surface area contributed by atoms with Gasteiger partial charge in [-0.05, 0) is 41.5 Å². The van der Waals surface area contributed by atoms with Gasteiger partial charge in [-0.1, -0.05) is 83.5 Å². The van der Waals surface area contributed by atoms with Crippen LogP contribution < -0.4 is 0 Å². The molecule has 0 N–H and O–H groups in total. The van der Waals surface area contributed by atoms with Crippen molar-refractivity contribution in [3.8, 4) is 0 Å². The van der Waals surface area contributed by atoms with Crippen molar-refractivity contribution in [1.82, 2.24) is 4.90 Å². The van der Waals surface area contributed by atoms with Crippen LogP contribution >= 0.6 is 35.0 Å². The number of halogens is 2. The van der Waals surface area contributed by atoms with Gasteiger partial charge in [0, 0.05) is 14.9 Å². The summed E-state index contributed by atoms with van der Waals surface area (Å²) in [5.74, 6) is -0.663. The van der Waals surface area contributed by atoms with Crippen LogP contribution in [0.3, 0.4) is 0 Å². The van der Waals surface area contributed by atoms with E-state index in [4.69, 9.17) is 23.2 Å². The molecule has 29 heavy (non-hydrogen) atoms. The van der Waals surface area contributed by atoms with Crippen molar-refractivity contribution >= 4 is 52.4 Å². The molecule has 4 rings (SSSR count). The first-order valence-corrected chi connectivity index (χ1v) is 10.4. The highest BCUT2D eigenvalue weighted by molar-refractivity contribution is 8.04. The first kappa shape index (κ1) is 19.8. The Balaban J connectivity index is 1.75. The molecule has 0 bridgehead atoms. The molecule has 0 unspecified atom stereocenters. The van der Waals surface area contributed by atoms with Gasteiger partial charge in [0.05, 0.1) is 17.0 Å². The maximum absolute atomic E-state index is 13.3. The zero-order chi connectivity index (χ0) is 20.4. The van der Waals surface area contributed by atoms with Crippen LogP contribution in [0.4, 0.5) is 0 Å². The summed E-state index contributed by atoms with van der Waals surface area (Å²) in [6, 6.07) is 23.7. The third-order valence-corrected chi connectivity index (χ3v) is 6.22. The van der Waals surface area contributed by atoms with E-state index in [9.17, 15) is 9.59 Å². The third kappa shape index (κ3) is 4.10. The van der Waals surface area contributed by atoms with Crippen molar-refractivity contribution in [2.75, 3.05) is 0 Å². The lowest BCUT2D eigenvalue weighted by Crippen LogP contribution is -2.31. The van der Waals surface area contributed by atoms with Crippen molar-refractivity contribution in [3.63, 3.8) is 0 Å². The normalized spacial score (nSPS) is 14.1. The Labute approximate surface area is 182 Å². The number of hydrogen-bond acceptors (Lipinski definition) is 3. The number of thioether (sulfide) groups is 1. The molecule has 1 aliphatic heterocycles. The van der Waals surface area contributed by atoms with E-state index >= 15 is 0 Å². The Hall–Kier alpha value is -2.53. The van der Waals surface area contributed by atoms with E-state index in [-0.39, 0.29) is 18.4 Å². The van der Waals surface area contributed by atoms with Gasteiger partial charge in [0.2, 0.25) is 0 Å². The zero-order valence-corrected chi connectivity index (χ0v) is 17.5. The zero-order valence-electron chi connectivity index (χ0n) is 15.1. The Kier molecular flexibility index (Phi) is 5.76. The molecule has 6 heteroatoms. The molecule has 144 valence electrons. The Morgan fingerprint density at radius 1 is 0.759 bits per heavy atom. The third-order valence-electron chi connectivity index (χ3n) is 4.51. The van der Waals surface area contributed by atoms with Crippen molar-refractivity contribution in [2.24, 2.45) is 0 Å². The number of rotatable bonds is 5. The van der Waals surface area contributed by atoms with Crippen LogP contribution in [0.25, 0.3) is 5.57 Å². The van der Waals surface area contributed by atoms with Crippen LogP contribution in [0.2, 0.25) is 10.0 Å². The van der Waals surface area contributed by atoms with E-state index < -0.39 is 0 Å². The van der Waals surface area contributed by atoms with Crippen molar-refractivity contribution in [1.29, 1.82) is 0 Å². The van der Waals surface area contributed by atoms with E-state index in [2.05, 4.69) is 0 Å². The van der Waals surface area contributed by atoms with Crippen molar-refractivity contribution < 1.29 is 9.59 Å². The number of hydrogen-bond donors (Lipinski definition) is 0. The summed E-state index contributed by atoms with van der Waals surface area (Å²) in [5.41, 5.74) is 1.76. The first-order valence-electron chi connectivity index (χ1n) is 8.87. The molecule has 2 amide bonds. The number of carbonyl (C=O) groups excluding carboxylic acids is 2. The quantitative estimate of drug-likeness (QED) is 0.452. The van der Waals surface area contributed by atoms with Gasteiger partial charge in [-0.3, -0.25) is 14.5 Å². The van der Waals surface area contributed by atoms with Crippen LogP contribution in [0, 0.1) is 0 Å². The minimum absolute atomic E-state index is 0.118. The molecule has 1 heterocycles. The molecule has 0 spiro atoms. The molecule has 1 aliphatic rings. The second-order valence-electron chi connectivity index (χ2n) is 6.41. The topological polar surface area (TPSA) is 37.4 Å². The smallest absolute Gasteiger partial charge is 0.268 e. The van der Waals surface area contributed by atoms with Gasteiger partial charge in [0.1, 0.15) is 0 Å². The fourth-order valence-electron chi connectivity index (χ4n) is 3.07. The monoisotopic (exact) mass is 439 g/mol. The van der Waals surface area contributed by atoms with Crippen molar-refractivity contribution in [3.05, 3.63) is 105 Å². The standard InChI is InChI=1S/C23H15Cl2NO2S/c24-17-12-10-15(11-13-17)20-21(29-18-7-2-1-3-8-18)23(28)26(22(20)27)14-16-6-4-5-9-19(16)25/h1-13H,14H2. The summed E-state index contributed by atoms with van der Waals surface area (Å²) in [4.78, 5) is 29.0. The molecule has 0 radical (unpaired) electrons. The average molecular weight is 440 g/mol. The predicted molar refractivity (Wildman–Crippen MR) is 118 cm³/mol. The van der Waals surface area contributed by atoms with Gasteiger partial charge in [0.25, 0.3) is 11.8 Å². The van der Waals surface area contributed by atoms with Crippen LogP contribution in [0.15, 0.2) is 88.7 Å². The van der Waals surface area contributed by atoms with Crippen LogP contribution in [-0.2, 0) is 16.1 Å². The molecule has 0 atom stereocenters. The SMILES string of the molecule is O=C1C(Sc2ccccc2)=C(c2ccc(Cl)cc2)C(=O)N1Cc1ccccc1Cl. The summed E-state index contributed by atoms with van der Waals surface area (Å²) < 4.78 is 0. The Bertz CT molecular complexity index is 1110. The largest absolute Gasteiger partial charge is 0.269 e. The summed E-state index contributed by atoms with van der Waals surface area (Å²) in [6.07, 6.45) is 0. The second-order valence-corrected chi connectivity index (χ2v) is 8.34. The lowest BCUT2D eigenvalue weighted by Gasteiger charge is -2.16. The number of amides is 2. The second kappa shape index (κ2) is 8.46. The van der Waals surface area contributed by atoms with E-state index in [0.29, 0.717) is 26.1 Å². The lowest BCUT2D eigenvalue weighted by molar-refractivity contribution is -0.137. The van der Waals surface area contributed by atoms with Gasteiger partial charge in [-0.25, -0.2) is 0 Å². The fraction of sp³-hybridized carbons (Fsp3) is 0.0435. The summed E-state index contributed by atoms with van der Waals surface area (Å²) in [7, 11) is 0. The van der Waals surface area contributed by atoms with Crippen LogP contribution in [-0.4, -0.2) is 16.7 Å². The first-order chi connectivity index (χ1) is 14.0. The fourth-order valence-corrected chi connectivity index (χ4v) is 4.42. The molecule has 3 aromatic carbocycles. The number of carbonyl (C=O) groups is 2. The lowest BCUT2D eigenvalue weighted by atomic mass is 10.1. The highest BCUT2D eigenvalue weighted by Crippen LogP contribution is 2.40. The van der Waals surface area contributed by atoms with Gasteiger partial charge in [-0.2, -0.15) is 0 Å². The van der Waals surface area contributed by atoms with Gasteiger partial charge < -0.3 is 0 Å². The molecule has 0 saturated heterocycles. The Morgan fingerprint density at radius 3 is 2.10 bits per heavy atom. The number of nitrogens with zero attached hydrogens (tertiary/aromatic N) is 1. The summed E-state index contributed by atoms with van der Waals surface area (Å²) in [6.45, 7) is 0.118. The van der Waals surface area contributed by atoms with Crippen LogP contribution in [0.1, 0.15) is 11.1 Å². The van der Waals surface area contributed by atoms with E-state index in [0.717, 1.165) is 10.5 Å². The van der Waals surface area contributed by atoms with E-state index in [1.54, 1.807) is 30.3 Å². The van der Waals surface area contributed by atoms with E-state index in [1.807, 2.05) is 48.5 Å². The average Bonchev–Trinajstić information content (AvgIpc) is 2.95. The van der Waals surface area contributed by atoms with Crippen LogP contribution in [0.5, 0.6) is 0 Å². The Morgan fingerprint density at radius 2 is 1.41 bits per heavy atom. The summed E-state index contributed by atoms with van der Waals surface area (Å²) in [5, 5.41) is 1.08. The predicted octanol–water partition coefficient (Wildman–Crippen LogP) is 6.07. The molecule has 0 saturated carbocycles. The van der Waals surface area contributed by atoms with Gasteiger partial charge in [-0.15, -0.1) is 0 Å². The molecule has 3 aromatic rings. The van der Waals surface area contributed by atoms with Gasteiger partial charge >= 0.3 is 0 Å². The van der Waals surface area contributed by atoms with E-state index in [1.165, 1.54) is 16.7 Å². The minimum Gasteiger partial charge on any atom is -0.269 e. The highest BCUT2D eigenvalue weighted by atomic mass is 35.5. The molecule has 3 nitrogen and oxygen atoms in total. The maximum Gasteiger partial charge on any atom is 0.268 e. The maximum atomic E-state index is 13.3. The number of benzene rings is 3. The summed E-state index contributed by atoms with van der Waals surface area (Å²) >= 11 is 13.5. The molecule has 0 aromatic heterocycles. The molecule has 0 aliphatic carbocycles. The van der Waals surface area contributed by atoms with Gasteiger partial charge in [0.15, 0.2) is 0 Å². The van der Waals surface area contributed by atoms with Crippen molar-refractivity contribution in [2.45, 2.75) is 11.4 Å². The molecular weight excluding hydrogens is 425 g/mol. The minimum atomic E-state index is -0.337. The molecule has 0 fully saturated rings.